The van der Waals surface area contributed by atoms with E-state index in [0.29, 0.717) is 25.0 Å². The Morgan fingerprint density at radius 2 is 2.17 bits per heavy atom. The highest BCUT2D eigenvalue weighted by atomic mass is 16.5. The topological polar surface area (TPSA) is 116 Å². The number of nitrogens with zero attached hydrogens (tertiary/aromatic N) is 5. The van der Waals surface area contributed by atoms with Crippen molar-refractivity contribution in [3.05, 3.63) is 18.7 Å². The Labute approximate surface area is 103 Å². The van der Waals surface area contributed by atoms with Crippen molar-refractivity contribution in [1.29, 1.82) is 0 Å². The normalized spacial score (nSPS) is 10.3. The summed E-state index contributed by atoms with van der Waals surface area (Å²) in [5.74, 6) is 6.43. The third-order valence-electron chi connectivity index (χ3n) is 2.08. The third kappa shape index (κ3) is 2.90. The minimum atomic E-state index is 0.272. The third-order valence-corrected chi connectivity index (χ3v) is 2.08. The van der Waals surface area contributed by atoms with Crippen LogP contribution in [0.15, 0.2) is 18.7 Å². The molecule has 0 aliphatic heterocycles. The quantitative estimate of drug-likeness (QED) is 0.353. The lowest BCUT2D eigenvalue weighted by Gasteiger charge is -2.08. The molecule has 0 saturated carbocycles. The molecule has 0 aliphatic carbocycles. The highest BCUT2D eigenvalue weighted by molar-refractivity contribution is 5.37. The van der Waals surface area contributed by atoms with Crippen LogP contribution >= 0.6 is 0 Å². The number of ether oxygens (including phenoxy) is 1. The van der Waals surface area contributed by atoms with Crippen molar-refractivity contribution in [2.45, 2.75) is 0 Å². The molecule has 0 fully saturated rings. The number of anilines is 2. The zero-order chi connectivity index (χ0) is 12.8. The van der Waals surface area contributed by atoms with Crippen LogP contribution in [-0.2, 0) is 4.74 Å². The first kappa shape index (κ1) is 12.2. The lowest BCUT2D eigenvalue weighted by molar-refractivity contribution is 0.210. The maximum atomic E-state index is 5.32. The highest BCUT2D eigenvalue weighted by Gasteiger charge is 2.06. The average molecular weight is 250 g/mol. The summed E-state index contributed by atoms with van der Waals surface area (Å²) >= 11 is 0. The van der Waals surface area contributed by atoms with Crippen LogP contribution in [0.25, 0.3) is 5.95 Å². The lowest BCUT2D eigenvalue weighted by Crippen LogP contribution is -2.17. The molecule has 0 bridgehead atoms. The summed E-state index contributed by atoms with van der Waals surface area (Å²) in [6.45, 7) is 1.14. The predicted molar refractivity (Wildman–Crippen MR) is 65.1 cm³/mol. The lowest BCUT2D eigenvalue weighted by atomic mass is 10.6. The van der Waals surface area contributed by atoms with Gasteiger partial charge in [-0.2, -0.15) is 15.0 Å². The number of hydrazine groups is 1. The number of nitrogens with two attached hydrogens (primary N) is 1. The van der Waals surface area contributed by atoms with Gasteiger partial charge in [-0.05, 0) is 0 Å². The van der Waals surface area contributed by atoms with Crippen LogP contribution < -0.4 is 16.6 Å². The van der Waals surface area contributed by atoms with Crippen molar-refractivity contribution in [3.63, 3.8) is 0 Å². The first-order chi connectivity index (χ1) is 8.83. The predicted octanol–water partition coefficient (Wildman–Crippen LogP) is -0.599. The molecule has 0 unspecified atom stereocenters. The van der Waals surface area contributed by atoms with Gasteiger partial charge in [-0.1, -0.05) is 0 Å². The van der Waals surface area contributed by atoms with Crippen LogP contribution in [0.4, 0.5) is 11.9 Å². The van der Waals surface area contributed by atoms with Crippen molar-refractivity contribution >= 4 is 11.9 Å². The number of hydrogen-bond donors (Lipinski definition) is 3. The van der Waals surface area contributed by atoms with E-state index in [1.54, 1.807) is 30.4 Å². The Balaban J connectivity index is 2.22. The molecule has 96 valence electrons. The zero-order valence-corrected chi connectivity index (χ0v) is 9.87. The monoisotopic (exact) mass is 250 g/mol. The van der Waals surface area contributed by atoms with E-state index in [2.05, 4.69) is 30.7 Å². The Kier molecular flexibility index (Phi) is 3.99. The maximum Gasteiger partial charge on any atom is 0.243 e. The molecule has 2 rings (SSSR count). The van der Waals surface area contributed by atoms with Crippen LogP contribution in [-0.4, -0.2) is 44.8 Å². The summed E-state index contributed by atoms with van der Waals surface area (Å²) in [4.78, 5) is 16.4. The Bertz CT molecular complexity index is 485. The van der Waals surface area contributed by atoms with Gasteiger partial charge >= 0.3 is 0 Å². The number of nitrogens with one attached hydrogen (secondary N) is 2. The molecule has 9 nitrogen and oxygen atoms in total. The molecule has 0 aliphatic rings. The molecule has 2 heterocycles. The first-order valence-corrected chi connectivity index (χ1v) is 5.27. The van der Waals surface area contributed by atoms with E-state index in [0.717, 1.165) is 0 Å². The van der Waals surface area contributed by atoms with Crippen molar-refractivity contribution in [2.75, 3.05) is 31.0 Å². The molecule has 0 spiro atoms. The van der Waals surface area contributed by atoms with E-state index < -0.39 is 0 Å². The van der Waals surface area contributed by atoms with E-state index >= 15 is 0 Å². The van der Waals surface area contributed by atoms with Gasteiger partial charge in [0, 0.05) is 26.0 Å². The smallest absolute Gasteiger partial charge is 0.243 e. The fourth-order valence-electron chi connectivity index (χ4n) is 1.27. The minimum Gasteiger partial charge on any atom is -0.383 e. The average Bonchev–Trinajstić information content (AvgIpc) is 2.92. The maximum absolute atomic E-state index is 5.32. The van der Waals surface area contributed by atoms with Gasteiger partial charge in [-0.3, -0.25) is 9.99 Å². The number of nitrogen functional groups attached to an aromatic ring is 1. The van der Waals surface area contributed by atoms with Gasteiger partial charge in [0.1, 0.15) is 6.33 Å². The molecule has 18 heavy (non-hydrogen) atoms. The molecule has 2 aromatic heterocycles. The summed E-state index contributed by atoms with van der Waals surface area (Å²) in [5.41, 5.74) is 2.39. The van der Waals surface area contributed by atoms with Crippen LogP contribution in [0.1, 0.15) is 0 Å². The van der Waals surface area contributed by atoms with Gasteiger partial charge in [-0.25, -0.2) is 10.8 Å². The second-order valence-corrected chi connectivity index (χ2v) is 3.32. The summed E-state index contributed by atoms with van der Waals surface area (Å²) < 4.78 is 6.59. The summed E-state index contributed by atoms with van der Waals surface area (Å²) in [5, 5.41) is 3.01. The fourth-order valence-corrected chi connectivity index (χ4v) is 1.27. The second-order valence-electron chi connectivity index (χ2n) is 3.32. The number of imidazole rings is 1. The first-order valence-electron chi connectivity index (χ1n) is 5.27. The second kappa shape index (κ2) is 5.89. The van der Waals surface area contributed by atoms with E-state index in [1.165, 1.54) is 0 Å². The molecular formula is C9H14N8O. The molecule has 9 heteroatoms. The van der Waals surface area contributed by atoms with E-state index in [4.69, 9.17) is 10.6 Å². The molecule has 0 atom stereocenters. The van der Waals surface area contributed by atoms with Gasteiger partial charge in [0.25, 0.3) is 0 Å². The molecule has 0 aromatic carbocycles. The van der Waals surface area contributed by atoms with Crippen LogP contribution in [0, 0.1) is 0 Å². The Hall–Kier alpha value is -2.26. The number of aromatic nitrogens is 5. The highest BCUT2D eigenvalue weighted by Crippen LogP contribution is 2.07. The molecular weight excluding hydrogens is 236 g/mol. The number of rotatable bonds is 6. The van der Waals surface area contributed by atoms with E-state index in [1.807, 2.05) is 0 Å². The van der Waals surface area contributed by atoms with Gasteiger partial charge in [0.05, 0.1) is 6.61 Å². The SMILES string of the molecule is COCCNc1nc(NN)nc(-n2ccnc2)n1. The Morgan fingerprint density at radius 1 is 1.33 bits per heavy atom. The standard InChI is InChI=1S/C9H14N8O/c1-18-5-3-12-7-13-8(16-10)15-9(14-7)17-4-2-11-6-17/h2,4,6H,3,5,10H2,1H3,(H2,12,13,14,15,16). The van der Waals surface area contributed by atoms with E-state index in [9.17, 15) is 0 Å². The largest absolute Gasteiger partial charge is 0.383 e. The number of methoxy groups -OCH3 is 1. The fraction of sp³-hybridized carbons (Fsp3) is 0.333. The van der Waals surface area contributed by atoms with Crippen LogP contribution in [0.5, 0.6) is 0 Å². The summed E-state index contributed by atoms with van der Waals surface area (Å²) in [6, 6.07) is 0. The van der Waals surface area contributed by atoms with Crippen LogP contribution in [0.2, 0.25) is 0 Å². The Morgan fingerprint density at radius 3 is 2.83 bits per heavy atom. The summed E-state index contributed by atoms with van der Waals surface area (Å²) in [7, 11) is 1.62. The van der Waals surface area contributed by atoms with Gasteiger partial charge in [0.15, 0.2) is 0 Å². The van der Waals surface area contributed by atoms with Gasteiger partial charge < -0.3 is 10.1 Å². The minimum absolute atomic E-state index is 0.272. The van der Waals surface area contributed by atoms with Crippen LogP contribution in [0.3, 0.4) is 0 Å². The van der Waals surface area contributed by atoms with Gasteiger partial charge in [0.2, 0.25) is 17.8 Å². The van der Waals surface area contributed by atoms with Crippen molar-refractivity contribution < 1.29 is 4.74 Å². The van der Waals surface area contributed by atoms with Crippen molar-refractivity contribution in [1.82, 2.24) is 24.5 Å². The zero-order valence-electron chi connectivity index (χ0n) is 9.87. The molecule has 0 saturated heterocycles. The molecule has 2 aromatic rings. The van der Waals surface area contributed by atoms with Crippen molar-refractivity contribution in [2.24, 2.45) is 5.84 Å². The molecule has 4 N–H and O–H groups in total. The summed E-state index contributed by atoms with van der Waals surface area (Å²) in [6.07, 6.45) is 4.96. The molecule has 0 amide bonds. The van der Waals surface area contributed by atoms with Crippen molar-refractivity contribution in [3.8, 4) is 5.95 Å². The molecule has 0 radical (unpaired) electrons. The van der Waals surface area contributed by atoms with Gasteiger partial charge in [-0.15, -0.1) is 0 Å². The number of hydrogen-bond acceptors (Lipinski definition) is 8. The van der Waals surface area contributed by atoms with E-state index in [-0.39, 0.29) is 5.95 Å².